The molecule has 0 unspecified atom stereocenters. The van der Waals surface area contributed by atoms with E-state index < -0.39 is 90.8 Å². The maximum absolute atomic E-state index is 12.7. The Balaban J connectivity index is 5.74. The summed E-state index contributed by atoms with van der Waals surface area (Å²) in [5.41, 5.74) is -5.30. The topological polar surface area (TPSA) is 149 Å². The number of aliphatic hydroxyl groups is 4. The predicted molar refractivity (Wildman–Crippen MR) is 116 cm³/mol. The summed E-state index contributed by atoms with van der Waals surface area (Å²) in [6.45, 7) is 14.8. The van der Waals surface area contributed by atoms with Gasteiger partial charge in [0.15, 0.2) is 0 Å². The summed E-state index contributed by atoms with van der Waals surface area (Å²) in [5, 5.41) is 43.0. The fourth-order valence-electron chi connectivity index (χ4n) is 2.50. The summed E-state index contributed by atoms with van der Waals surface area (Å²) in [6, 6.07) is 0. The number of carbonyl (C=O) groups excluding carboxylic acids is 4. The molecule has 8 nitrogen and oxygen atoms in total. The predicted octanol–water partition coefficient (Wildman–Crippen LogP) is 1.17. The van der Waals surface area contributed by atoms with Gasteiger partial charge in [0.25, 0.3) is 0 Å². The van der Waals surface area contributed by atoms with Crippen molar-refractivity contribution in [1.29, 1.82) is 0 Å². The Morgan fingerprint density at radius 2 is 0.742 bits per heavy atom. The van der Waals surface area contributed by atoms with Crippen molar-refractivity contribution in [1.82, 2.24) is 0 Å². The first kappa shape index (κ1) is 31.1. The van der Waals surface area contributed by atoms with Crippen LogP contribution in [0.1, 0.15) is 82.1 Å². The van der Waals surface area contributed by atoms with Crippen molar-refractivity contribution in [3.63, 3.8) is 0 Å². The van der Waals surface area contributed by atoms with E-state index in [1.807, 2.05) is 0 Å². The van der Waals surface area contributed by atoms with E-state index in [4.69, 9.17) is 0 Å². The van der Waals surface area contributed by atoms with E-state index in [1.54, 1.807) is 41.5 Å². The first-order chi connectivity index (χ1) is 13.3. The summed E-state index contributed by atoms with van der Waals surface area (Å²) in [7, 11) is 0. The fraction of sp³-hybridized carbons (Fsp3) is 0.818. The van der Waals surface area contributed by atoms with Gasteiger partial charge in [-0.2, -0.15) is 0 Å². The van der Waals surface area contributed by atoms with Crippen LogP contribution < -0.4 is 0 Å². The molecule has 0 saturated carbocycles. The number of rotatable bonds is 10. The van der Waals surface area contributed by atoms with Crippen LogP contribution in [-0.2, 0) is 19.2 Å². The molecule has 31 heavy (non-hydrogen) atoms. The Morgan fingerprint density at radius 1 is 0.516 bits per heavy atom. The van der Waals surface area contributed by atoms with E-state index in [9.17, 15) is 39.6 Å². The zero-order chi connectivity index (χ0) is 25.4. The minimum atomic E-state index is -3.78. The molecule has 0 saturated heterocycles. The second-order valence-electron chi connectivity index (χ2n) is 11.6. The van der Waals surface area contributed by atoms with E-state index in [2.05, 4.69) is 0 Å². The second kappa shape index (κ2) is 9.76. The average molecular weight is 568 g/mol. The average Bonchev–Trinajstić information content (AvgIpc) is 2.51. The first-order valence-corrected chi connectivity index (χ1v) is 14.8. The van der Waals surface area contributed by atoms with Gasteiger partial charge in [-0.05, 0) is 0 Å². The van der Waals surface area contributed by atoms with Crippen LogP contribution in [0.25, 0.3) is 0 Å². The Labute approximate surface area is 209 Å². The van der Waals surface area contributed by atoms with Crippen LogP contribution >= 0.6 is 0 Å². The number of carbonyl (C=O) groups is 4. The Hall–Kier alpha value is 0.0914. The molecule has 0 heterocycles. The molecule has 0 atom stereocenters. The van der Waals surface area contributed by atoms with Crippen LogP contribution in [-0.4, -0.2) is 88.3 Å². The molecule has 176 valence electrons. The molecule has 0 aromatic carbocycles. The van der Waals surface area contributed by atoms with E-state index >= 15 is 0 Å². The molecule has 4 N–H and O–H groups in total. The van der Waals surface area contributed by atoms with E-state index in [0.717, 1.165) is 0 Å². The zero-order valence-corrected chi connectivity index (χ0v) is 25.0. The Morgan fingerprint density at radius 3 is 0.935 bits per heavy atom. The zero-order valence-electron chi connectivity index (χ0n) is 20.5. The molecule has 9 heteroatoms. The third-order valence-electron chi connectivity index (χ3n) is 6.20. The molecule has 0 aliphatic heterocycles. The quantitative estimate of drug-likeness (QED) is 0.175. The van der Waals surface area contributed by atoms with Gasteiger partial charge in [-0.15, -0.1) is 0 Å². The van der Waals surface area contributed by atoms with E-state index in [0.29, 0.717) is 0 Å². The van der Waals surface area contributed by atoms with Crippen LogP contribution in [0.3, 0.4) is 0 Å². The molecule has 0 radical (unpaired) electrons. The van der Waals surface area contributed by atoms with Gasteiger partial charge < -0.3 is 0 Å². The van der Waals surface area contributed by atoms with Gasteiger partial charge in [0, 0.05) is 0 Å². The SMILES string of the molecule is CC(C)(C)C(=O)CC(=O)C(C)(C)[C](O)(O)[Ba][C](O)(O)C(C)(C)C(=O)CC(=O)C(C)(C)C. The standard InChI is InChI=1S/2C11H19O4.Ba/c2*1-10(2,3)7(12)6-8(13)11(4,5)9(14)15;/h2*14-15H,6H2,1-5H3;. The molecule has 0 amide bonds. The Kier molecular flexibility index (Phi) is 9.78. The van der Waals surface area contributed by atoms with Crippen molar-refractivity contribution in [2.75, 3.05) is 0 Å². The minimum absolute atomic E-state index is 0.381. The summed E-state index contributed by atoms with van der Waals surface area (Å²) < 4.78 is -5.48. The number of hydrogen-bond acceptors (Lipinski definition) is 8. The van der Waals surface area contributed by atoms with E-state index in [-0.39, 0.29) is 11.6 Å². The summed E-state index contributed by atoms with van der Waals surface area (Å²) >= 11 is -3.78. The van der Waals surface area contributed by atoms with Crippen molar-refractivity contribution in [2.24, 2.45) is 21.7 Å². The molecule has 0 aromatic heterocycles. The first-order valence-electron chi connectivity index (χ1n) is 10.3. The van der Waals surface area contributed by atoms with Crippen molar-refractivity contribution in [3.05, 3.63) is 0 Å². The van der Waals surface area contributed by atoms with Gasteiger partial charge in [0.1, 0.15) is 0 Å². The summed E-state index contributed by atoms with van der Waals surface area (Å²) in [4.78, 5) is 49.9. The molecular weight excluding hydrogens is 530 g/mol. The number of ketones is 4. The molecule has 0 fully saturated rings. The summed E-state index contributed by atoms with van der Waals surface area (Å²) in [5.74, 6) is -2.23. The van der Waals surface area contributed by atoms with Gasteiger partial charge in [-0.1, -0.05) is 0 Å². The van der Waals surface area contributed by atoms with Gasteiger partial charge >= 0.3 is 211 Å². The molecule has 0 aliphatic rings. The third-order valence-corrected chi connectivity index (χ3v) is 14.9. The van der Waals surface area contributed by atoms with Crippen LogP contribution in [0.4, 0.5) is 0 Å². The van der Waals surface area contributed by atoms with Gasteiger partial charge in [0.2, 0.25) is 0 Å². The molecule has 0 aliphatic carbocycles. The van der Waals surface area contributed by atoms with Gasteiger partial charge in [0.05, 0.1) is 0 Å². The van der Waals surface area contributed by atoms with Gasteiger partial charge in [-0.25, -0.2) is 0 Å². The Bertz CT molecular complexity index is 672. The van der Waals surface area contributed by atoms with Crippen molar-refractivity contribution in [3.8, 4) is 0 Å². The van der Waals surface area contributed by atoms with Gasteiger partial charge in [-0.3, -0.25) is 0 Å². The number of hydrogen-bond donors (Lipinski definition) is 4. The van der Waals surface area contributed by atoms with Crippen LogP contribution in [0.2, 0.25) is 0 Å². The maximum atomic E-state index is 12.7. The number of Topliss-reactive ketones (excluding diaryl/α,β-unsaturated/α-hetero) is 4. The van der Waals surface area contributed by atoms with Crippen molar-refractivity contribution in [2.45, 2.75) is 82.6 Å². The molecule has 0 spiro atoms. The fourth-order valence-corrected chi connectivity index (χ4v) is 8.67. The van der Waals surface area contributed by atoms with Crippen LogP contribution in [0.5, 0.6) is 0 Å². The van der Waals surface area contributed by atoms with Crippen molar-refractivity contribution >= 4 is 67.3 Å². The summed E-state index contributed by atoms with van der Waals surface area (Å²) in [6.07, 6.45) is -1.06. The molecule has 0 rings (SSSR count). The van der Waals surface area contributed by atoms with Crippen LogP contribution in [0.15, 0.2) is 0 Å². The molecular formula is C22H38BaO8. The molecule has 0 bridgehead atoms. The second-order valence-corrected chi connectivity index (χ2v) is 18.9. The normalized spacial score (nSPS) is 14.1. The van der Waals surface area contributed by atoms with E-state index in [1.165, 1.54) is 27.7 Å². The van der Waals surface area contributed by atoms with Crippen LogP contribution in [0, 0.1) is 21.7 Å². The third kappa shape index (κ3) is 7.55. The monoisotopic (exact) mass is 568 g/mol. The van der Waals surface area contributed by atoms with Crippen molar-refractivity contribution < 1.29 is 39.6 Å². The molecule has 0 aromatic rings.